The third-order valence-corrected chi connectivity index (χ3v) is 4.00. The summed E-state index contributed by atoms with van der Waals surface area (Å²) >= 11 is 0. The molecule has 0 saturated carbocycles. The summed E-state index contributed by atoms with van der Waals surface area (Å²) in [6.07, 6.45) is 4.72. The molecule has 22 heavy (non-hydrogen) atoms. The number of aryl methyl sites for hydroxylation is 2. The first-order chi connectivity index (χ1) is 10.6. The number of nitrogens with zero attached hydrogens (tertiary/aromatic N) is 5. The van der Waals surface area contributed by atoms with Gasteiger partial charge in [-0.25, -0.2) is 4.98 Å². The van der Waals surface area contributed by atoms with Crippen LogP contribution in [-0.2, 0) is 13.6 Å². The van der Waals surface area contributed by atoms with Gasteiger partial charge in [0.05, 0.1) is 12.2 Å². The van der Waals surface area contributed by atoms with Gasteiger partial charge in [-0.2, -0.15) is 0 Å². The van der Waals surface area contributed by atoms with E-state index in [4.69, 9.17) is 4.52 Å². The Bertz CT molecular complexity index is 648. The largest absolute Gasteiger partial charge is 0.351 e. The van der Waals surface area contributed by atoms with Gasteiger partial charge in [-0.15, -0.1) is 0 Å². The summed E-state index contributed by atoms with van der Waals surface area (Å²) in [7, 11) is 2.00. The molecule has 1 fully saturated rings. The Kier molecular flexibility index (Phi) is 4.24. The maximum Gasteiger partial charge on any atom is 0.292 e. The van der Waals surface area contributed by atoms with E-state index in [0.29, 0.717) is 12.3 Å². The van der Waals surface area contributed by atoms with E-state index in [-0.39, 0.29) is 5.91 Å². The predicted molar refractivity (Wildman–Crippen MR) is 80.2 cm³/mol. The minimum Gasteiger partial charge on any atom is -0.351 e. The second kappa shape index (κ2) is 6.31. The zero-order chi connectivity index (χ0) is 15.5. The van der Waals surface area contributed by atoms with E-state index in [1.54, 1.807) is 6.07 Å². The number of imidazole rings is 1. The predicted octanol–water partition coefficient (Wildman–Crippen LogP) is 1.06. The second-order valence-electron chi connectivity index (χ2n) is 5.71. The molecule has 1 aliphatic rings. The number of rotatable bonds is 3. The van der Waals surface area contributed by atoms with Crippen molar-refractivity contribution < 1.29 is 9.32 Å². The molecule has 0 spiro atoms. The lowest BCUT2D eigenvalue weighted by atomic mass is 10.3. The molecule has 118 valence electrons. The number of carbonyl (C=O) groups is 1. The minimum atomic E-state index is -0.0700. The van der Waals surface area contributed by atoms with Crippen molar-refractivity contribution in [1.29, 1.82) is 0 Å². The number of carbonyl (C=O) groups excluding carboxylic acids is 1. The summed E-state index contributed by atoms with van der Waals surface area (Å²) in [5, 5.41) is 3.79. The van der Waals surface area contributed by atoms with Crippen molar-refractivity contribution in [2.45, 2.75) is 19.9 Å². The van der Waals surface area contributed by atoms with Crippen molar-refractivity contribution >= 4 is 5.91 Å². The Morgan fingerprint density at radius 1 is 1.32 bits per heavy atom. The SMILES string of the molecule is Cc1cc(C(=O)N2CCCN(Cc3nccn3C)CC2)on1. The Hall–Kier alpha value is -2.15. The highest BCUT2D eigenvalue weighted by Gasteiger charge is 2.23. The number of hydrogen-bond acceptors (Lipinski definition) is 5. The molecular weight excluding hydrogens is 282 g/mol. The first-order valence-electron chi connectivity index (χ1n) is 7.54. The number of aromatic nitrogens is 3. The fraction of sp³-hybridized carbons (Fsp3) is 0.533. The van der Waals surface area contributed by atoms with Gasteiger partial charge in [-0.1, -0.05) is 5.16 Å². The molecule has 0 bridgehead atoms. The van der Waals surface area contributed by atoms with Gasteiger partial charge in [-0.05, 0) is 13.3 Å². The van der Waals surface area contributed by atoms with Gasteiger partial charge >= 0.3 is 0 Å². The van der Waals surface area contributed by atoms with Crippen molar-refractivity contribution in [1.82, 2.24) is 24.5 Å². The van der Waals surface area contributed by atoms with Crippen LogP contribution in [0.4, 0.5) is 0 Å². The van der Waals surface area contributed by atoms with Crippen LogP contribution < -0.4 is 0 Å². The molecule has 3 heterocycles. The van der Waals surface area contributed by atoms with Crippen LogP contribution in [0.2, 0.25) is 0 Å². The molecule has 0 unspecified atom stereocenters. The Labute approximate surface area is 129 Å². The van der Waals surface area contributed by atoms with Crippen LogP contribution in [-0.4, -0.2) is 56.6 Å². The van der Waals surface area contributed by atoms with Crippen LogP contribution in [0.3, 0.4) is 0 Å². The average Bonchev–Trinajstić information content (AvgIpc) is 3.02. The second-order valence-corrected chi connectivity index (χ2v) is 5.71. The fourth-order valence-corrected chi connectivity index (χ4v) is 2.70. The van der Waals surface area contributed by atoms with Crippen molar-refractivity contribution in [3.05, 3.63) is 35.7 Å². The highest BCUT2D eigenvalue weighted by molar-refractivity contribution is 5.91. The van der Waals surface area contributed by atoms with E-state index in [1.165, 1.54) is 0 Å². The van der Waals surface area contributed by atoms with Crippen LogP contribution in [0.25, 0.3) is 0 Å². The molecule has 2 aromatic rings. The summed E-state index contributed by atoms with van der Waals surface area (Å²) < 4.78 is 7.11. The van der Waals surface area contributed by atoms with Gasteiger partial charge in [0.1, 0.15) is 5.82 Å². The van der Waals surface area contributed by atoms with Gasteiger partial charge in [0, 0.05) is 51.7 Å². The molecule has 3 rings (SSSR count). The molecule has 7 heteroatoms. The molecular formula is C15H21N5O2. The molecule has 1 saturated heterocycles. The van der Waals surface area contributed by atoms with Crippen molar-refractivity contribution in [2.75, 3.05) is 26.2 Å². The maximum atomic E-state index is 12.4. The lowest BCUT2D eigenvalue weighted by molar-refractivity contribution is 0.0719. The van der Waals surface area contributed by atoms with E-state index in [1.807, 2.05) is 35.8 Å². The van der Waals surface area contributed by atoms with Crippen LogP contribution >= 0.6 is 0 Å². The minimum absolute atomic E-state index is 0.0700. The van der Waals surface area contributed by atoms with Crippen LogP contribution in [0, 0.1) is 6.92 Å². The van der Waals surface area contributed by atoms with E-state index < -0.39 is 0 Å². The van der Waals surface area contributed by atoms with Gasteiger partial charge in [0.2, 0.25) is 5.76 Å². The van der Waals surface area contributed by atoms with Gasteiger partial charge in [0.25, 0.3) is 5.91 Å². The van der Waals surface area contributed by atoms with Crippen molar-refractivity contribution in [2.24, 2.45) is 7.05 Å². The Morgan fingerprint density at radius 3 is 2.86 bits per heavy atom. The third kappa shape index (κ3) is 3.19. The lowest BCUT2D eigenvalue weighted by Gasteiger charge is -2.21. The standard InChI is InChI=1S/C15H21N5O2/c1-12-10-13(22-17-12)15(21)20-6-3-5-19(8-9-20)11-14-16-4-7-18(14)2/h4,7,10H,3,5-6,8-9,11H2,1-2H3. The summed E-state index contributed by atoms with van der Waals surface area (Å²) in [5.74, 6) is 1.31. The molecule has 1 amide bonds. The van der Waals surface area contributed by atoms with E-state index in [2.05, 4.69) is 15.0 Å². The molecule has 0 aromatic carbocycles. The zero-order valence-electron chi connectivity index (χ0n) is 13.0. The van der Waals surface area contributed by atoms with Crippen LogP contribution in [0.1, 0.15) is 28.5 Å². The molecule has 0 radical (unpaired) electrons. The molecule has 7 nitrogen and oxygen atoms in total. The van der Waals surface area contributed by atoms with Gasteiger partial charge < -0.3 is 14.0 Å². The highest BCUT2D eigenvalue weighted by Crippen LogP contribution is 2.12. The van der Waals surface area contributed by atoms with Crippen LogP contribution in [0.15, 0.2) is 23.0 Å². The topological polar surface area (TPSA) is 67.4 Å². The number of amides is 1. The monoisotopic (exact) mass is 303 g/mol. The lowest BCUT2D eigenvalue weighted by Crippen LogP contribution is -2.35. The first kappa shape index (κ1) is 14.8. The van der Waals surface area contributed by atoms with Crippen molar-refractivity contribution in [3.8, 4) is 0 Å². The zero-order valence-corrected chi connectivity index (χ0v) is 13.0. The summed E-state index contributed by atoms with van der Waals surface area (Å²) in [6, 6.07) is 1.69. The fourth-order valence-electron chi connectivity index (χ4n) is 2.70. The van der Waals surface area contributed by atoms with Crippen molar-refractivity contribution in [3.63, 3.8) is 0 Å². The summed E-state index contributed by atoms with van der Waals surface area (Å²) in [5.41, 5.74) is 0.731. The molecule has 2 aromatic heterocycles. The average molecular weight is 303 g/mol. The molecule has 0 atom stereocenters. The molecule has 1 aliphatic heterocycles. The molecule has 0 aliphatic carbocycles. The molecule has 0 N–H and O–H groups in total. The summed E-state index contributed by atoms with van der Waals surface area (Å²) in [6.45, 7) is 5.88. The normalized spacial score (nSPS) is 16.7. The smallest absolute Gasteiger partial charge is 0.292 e. The Morgan fingerprint density at radius 2 is 2.18 bits per heavy atom. The first-order valence-corrected chi connectivity index (χ1v) is 7.54. The van der Waals surface area contributed by atoms with E-state index >= 15 is 0 Å². The van der Waals surface area contributed by atoms with Gasteiger partial charge in [-0.3, -0.25) is 9.69 Å². The highest BCUT2D eigenvalue weighted by atomic mass is 16.5. The van der Waals surface area contributed by atoms with Crippen LogP contribution in [0.5, 0.6) is 0 Å². The van der Waals surface area contributed by atoms with E-state index in [9.17, 15) is 4.79 Å². The summed E-state index contributed by atoms with van der Waals surface area (Å²) in [4.78, 5) is 20.9. The maximum absolute atomic E-state index is 12.4. The Balaban J connectivity index is 1.60. The van der Waals surface area contributed by atoms with E-state index in [0.717, 1.165) is 44.1 Å². The number of hydrogen-bond donors (Lipinski definition) is 0. The third-order valence-electron chi connectivity index (χ3n) is 4.00. The van der Waals surface area contributed by atoms with Gasteiger partial charge in [0.15, 0.2) is 0 Å². The quantitative estimate of drug-likeness (QED) is 0.848.